The van der Waals surface area contributed by atoms with E-state index in [9.17, 15) is 13.2 Å². The molecule has 6 heteroatoms. The van der Waals surface area contributed by atoms with Gasteiger partial charge in [-0.1, -0.05) is 13.3 Å². The van der Waals surface area contributed by atoms with Gasteiger partial charge < -0.3 is 4.90 Å². The van der Waals surface area contributed by atoms with E-state index in [2.05, 4.69) is 0 Å². The second-order valence-corrected chi connectivity index (χ2v) is 7.38. The summed E-state index contributed by atoms with van der Waals surface area (Å²) < 4.78 is 24.5. The van der Waals surface area contributed by atoms with Crippen LogP contribution in [-0.4, -0.2) is 38.1 Å². The fraction of sp³-hybridized carbons (Fsp3) is 0.467. The fourth-order valence-electron chi connectivity index (χ4n) is 2.43. The van der Waals surface area contributed by atoms with Crippen molar-refractivity contribution in [2.75, 3.05) is 18.8 Å². The van der Waals surface area contributed by atoms with E-state index in [0.717, 1.165) is 6.42 Å². The van der Waals surface area contributed by atoms with Crippen LogP contribution in [0.3, 0.4) is 0 Å². The highest BCUT2D eigenvalue weighted by Crippen LogP contribution is 2.21. The van der Waals surface area contributed by atoms with E-state index in [4.69, 9.17) is 5.26 Å². The summed E-state index contributed by atoms with van der Waals surface area (Å²) in [7, 11) is -3.42. The molecule has 1 aliphatic heterocycles. The monoisotopic (exact) mass is 306 g/mol. The molecule has 1 amide bonds. The van der Waals surface area contributed by atoms with Gasteiger partial charge in [-0.3, -0.25) is 4.79 Å². The van der Waals surface area contributed by atoms with E-state index in [1.165, 1.54) is 24.3 Å². The summed E-state index contributed by atoms with van der Waals surface area (Å²) in [5.74, 6) is 0.299. The molecule has 1 heterocycles. The minimum atomic E-state index is -3.42. The molecule has 1 aromatic carbocycles. The lowest BCUT2D eigenvalue weighted by Crippen LogP contribution is -2.30. The number of carbonyl (C=O) groups is 1. The van der Waals surface area contributed by atoms with Crippen LogP contribution in [0.25, 0.3) is 0 Å². The fourth-order valence-corrected chi connectivity index (χ4v) is 3.68. The number of nitrogens with zero attached hydrogens (tertiary/aromatic N) is 2. The Morgan fingerprint density at radius 3 is 2.52 bits per heavy atom. The smallest absolute Gasteiger partial charge is 0.222 e. The molecule has 112 valence electrons. The van der Waals surface area contributed by atoms with Crippen LogP contribution >= 0.6 is 0 Å². The van der Waals surface area contributed by atoms with Gasteiger partial charge in [0.25, 0.3) is 0 Å². The number of carbonyl (C=O) groups excluding carboxylic acids is 1. The first kappa shape index (κ1) is 15.5. The van der Waals surface area contributed by atoms with Gasteiger partial charge >= 0.3 is 0 Å². The predicted molar refractivity (Wildman–Crippen MR) is 78.2 cm³/mol. The molecular formula is C15H18N2O3S. The molecule has 1 unspecified atom stereocenters. The van der Waals surface area contributed by atoms with Crippen LogP contribution in [-0.2, 0) is 14.6 Å². The summed E-state index contributed by atoms with van der Waals surface area (Å²) >= 11 is 0. The van der Waals surface area contributed by atoms with Gasteiger partial charge in [0, 0.05) is 19.5 Å². The SMILES string of the molecule is CCC1CC(=O)N(CCS(=O)(=O)c2ccc(C#N)cc2)C1. The molecule has 0 radical (unpaired) electrons. The van der Waals surface area contributed by atoms with Crippen molar-refractivity contribution in [1.29, 1.82) is 5.26 Å². The highest BCUT2D eigenvalue weighted by atomic mass is 32.2. The zero-order valence-corrected chi connectivity index (χ0v) is 12.8. The van der Waals surface area contributed by atoms with Gasteiger partial charge in [-0.15, -0.1) is 0 Å². The molecule has 21 heavy (non-hydrogen) atoms. The number of nitriles is 1. The number of sulfone groups is 1. The quantitative estimate of drug-likeness (QED) is 0.827. The molecule has 1 atom stereocenters. The molecule has 0 spiro atoms. The molecule has 0 aromatic heterocycles. The van der Waals surface area contributed by atoms with E-state index >= 15 is 0 Å². The van der Waals surface area contributed by atoms with Crippen molar-refractivity contribution in [3.8, 4) is 6.07 Å². The summed E-state index contributed by atoms with van der Waals surface area (Å²) in [5, 5.41) is 8.71. The Hall–Kier alpha value is -1.87. The maximum atomic E-state index is 12.2. The van der Waals surface area contributed by atoms with Gasteiger partial charge in [0.05, 0.1) is 22.3 Å². The first-order valence-electron chi connectivity index (χ1n) is 6.97. The molecule has 2 rings (SSSR count). The Kier molecular flexibility index (Phi) is 4.63. The molecule has 5 nitrogen and oxygen atoms in total. The highest BCUT2D eigenvalue weighted by molar-refractivity contribution is 7.91. The normalized spacial score (nSPS) is 18.8. The summed E-state index contributed by atoms with van der Waals surface area (Å²) in [4.78, 5) is 13.6. The van der Waals surface area contributed by atoms with Crippen LogP contribution in [0.5, 0.6) is 0 Å². The zero-order valence-electron chi connectivity index (χ0n) is 11.9. The van der Waals surface area contributed by atoms with E-state index in [1.807, 2.05) is 13.0 Å². The molecule has 0 aliphatic carbocycles. The Labute approximate surface area is 125 Å². The number of likely N-dealkylation sites (tertiary alicyclic amines) is 1. The van der Waals surface area contributed by atoms with E-state index in [-0.39, 0.29) is 23.1 Å². The number of benzene rings is 1. The van der Waals surface area contributed by atoms with E-state index in [0.29, 0.717) is 24.4 Å². The molecule has 1 aliphatic rings. The van der Waals surface area contributed by atoms with Crippen molar-refractivity contribution in [2.45, 2.75) is 24.7 Å². The minimum absolute atomic E-state index is 0.0388. The number of hydrogen-bond donors (Lipinski definition) is 0. The Morgan fingerprint density at radius 2 is 2.00 bits per heavy atom. The van der Waals surface area contributed by atoms with Gasteiger partial charge in [0.1, 0.15) is 0 Å². The highest BCUT2D eigenvalue weighted by Gasteiger charge is 2.29. The van der Waals surface area contributed by atoms with Gasteiger partial charge in [-0.25, -0.2) is 8.42 Å². The second-order valence-electron chi connectivity index (χ2n) is 5.27. The first-order valence-corrected chi connectivity index (χ1v) is 8.62. The van der Waals surface area contributed by atoms with Gasteiger partial charge in [-0.2, -0.15) is 5.26 Å². The predicted octanol–water partition coefficient (Wildman–Crippen LogP) is 1.59. The lowest BCUT2D eigenvalue weighted by molar-refractivity contribution is -0.127. The number of amides is 1. The summed E-state index contributed by atoms with van der Waals surface area (Å²) in [6.45, 7) is 2.92. The number of hydrogen-bond acceptors (Lipinski definition) is 4. The summed E-state index contributed by atoms with van der Waals surface area (Å²) in [6, 6.07) is 7.80. The molecule has 1 aromatic rings. The Morgan fingerprint density at radius 1 is 1.33 bits per heavy atom. The second kappa shape index (κ2) is 6.27. The van der Waals surface area contributed by atoms with Crippen molar-refractivity contribution >= 4 is 15.7 Å². The Balaban J connectivity index is 2.01. The third-order valence-electron chi connectivity index (χ3n) is 3.84. The standard InChI is InChI=1S/C15H18N2O3S/c1-2-12-9-15(18)17(11-12)7-8-21(19,20)14-5-3-13(10-16)4-6-14/h3-6,12H,2,7-9,11H2,1H3. The number of rotatable bonds is 5. The van der Waals surface area contributed by atoms with E-state index < -0.39 is 9.84 Å². The molecule has 0 saturated carbocycles. The van der Waals surface area contributed by atoms with Crippen molar-refractivity contribution < 1.29 is 13.2 Å². The lowest BCUT2D eigenvalue weighted by atomic mass is 10.1. The molecule has 1 saturated heterocycles. The van der Waals surface area contributed by atoms with Gasteiger partial charge in [0.2, 0.25) is 5.91 Å². The maximum Gasteiger partial charge on any atom is 0.222 e. The molecular weight excluding hydrogens is 288 g/mol. The summed E-state index contributed by atoms with van der Waals surface area (Å²) in [5.41, 5.74) is 0.425. The third kappa shape index (κ3) is 3.61. The lowest BCUT2D eigenvalue weighted by Gasteiger charge is -2.16. The average Bonchev–Trinajstić information content (AvgIpc) is 2.86. The van der Waals surface area contributed by atoms with Crippen LogP contribution in [0.2, 0.25) is 0 Å². The van der Waals surface area contributed by atoms with Crippen LogP contribution in [0.1, 0.15) is 25.3 Å². The maximum absolute atomic E-state index is 12.2. The molecule has 0 N–H and O–H groups in total. The van der Waals surface area contributed by atoms with Gasteiger partial charge in [0.15, 0.2) is 9.84 Å². The molecule has 1 fully saturated rings. The van der Waals surface area contributed by atoms with E-state index in [1.54, 1.807) is 4.90 Å². The zero-order chi connectivity index (χ0) is 15.5. The van der Waals surface area contributed by atoms with Crippen molar-refractivity contribution in [1.82, 2.24) is 4.90 Å². The van der Waals surface area contributed by atoms with Crippen molar-refractivity contribution in [3.05, 3.63) is 29.8 Å². The largest absolute Gasteiger partial charge is 0.341 e. The van der Waals surface area contributed by atoms with Crippen molar-refractivity contribution in [2.24, 2.45) is 5.92 Å². The van der Waals surface area contributed by atoms with Crippen LogP contribution in [0.15, 0.2) is 29.2 Å². The van der Waals surface area contributed by atoms with Crippen LogP contribution < -0.4 is 0 Å². The topological polar surface area (TPSA) is 78.2 Å². The van der Waals surface area contributed by atoms with Crippen molar-refractivity contribution in [3.63, 3.8) is 0 Å². The first-order chi connectivity index (χ1) is 9.96. The Bertz CT molecular complexity index is 659. The molecule has 0 bridgehead atoms. The third-order valence-corrected chi connectivity index (χ3v) is 5.55. The van der Waals surface area contributed by atoms with Crippen LogP contribution in [0.4, 0.5) is 0 Å². The van der Waals surface area contributed by atoms with Crippen LogP contribution in [0, 0.1) is 17.2 Å². The minimum Gasteiger partial charge on any atom is -0.341 e. The summed E-state index contributed by atoms with van der Waals surface area (Å²) in [6.07, 6.45) is 1.46. The van der Waals surface area contributed by atoms with Gasteiger partial charge in [-0.05, 0) is 30.2 Å². The average molecular weight is 306 g/mol.